The zero-order valence-electron chi connectivity index (χ0n) is 10.1. The molecule has 0 aliphatic carbocycles. The first kappa shape index (κ1) is 14.6. The number of nitrogens with zero attached hydrogens (tertiary/aromatic N) is 2. The SMILES string of the molecule is CC.CCOC(=O)c1cn(CCCO)cn1. The Hall–Kier alpha value is -1.36. The van der Waals surface area contributed by atoms with E-state index in [0.29, 0.717) is 25.3 Å². The lowest BCUT2D eigenvalue weighted by molar-refractivity contribution is 0.0520. The molecule has 0 spiro atoms. The van der Waals surface area contributed by atoms with E-state index in [1.807, 2.05) is 13.8 Å². The molecule has 1 heterocycles. The fraction of sp³-hybridized carbons (Fsp3) is 0.636. The van der Waals surface area contributed by atoms with Gasteiger partial charge in [-0.05, 0) is 13.3 Å². The Balaban J connectivity index is 0.00000106. The van der Waals surface area contributed by atoms with Crippen molar-refractivity contribution >= 4 is 5.97 Å². The van der Waals surface area contributed by atoms with Crippen LogP contribution in [0.2, 0.25) is 0 Å². The van der Waals surface area contributed by atoms with E-state index in [0.717, 1.165) is 0 Å². The molecule has 0 aliphatic heterocycles. The van der Waals surface area contributed by atoms with Gasteiger partial charge in [0.1, 0.15) is 0 Å². The third kappa shape index (κ3) is 4.93. The van der Waals surface area contributed by atoms with Crippen LogP contribution in [0.25, 0.3) is 0 Å². The molecule has 16 heavy (non-hydrogen) atoms. The van der Waals surface area contributed by atoms with Gasteiger partial charge in [-0.3, -0.25) is 0 Å². The highest BCUT2D eigenvalue weighted by Gasteiger charge is 2.09. The molecular formula is C11H20N2O3. The van der Waals surface area contributed by atoms with E-state index < -0.39 is 5.97 Å². The van der Waals surface area contributed by atoms with Crippen molar-refractivity contribution in [2.45, 2.75) is 33.7 Å². The Kier molecular flexibility index (Phi) is 8.15. The van der Waals surface area contributed by atoms with E-state index in [4.69, 9.17) is 9.84 Å². The number of hydrogen-bond donors (Lipinski definition) is 1. The van der Waals surface area contributed by atoms with Gasteiger partial charge in [0.25, 0.3) is 0 Å². The third-order valence-corrected chi connectivity index (χ3v) is 1.69. The normalized spacial score (nSPS) is 9.25. The molecule has 0 aromatic carbocycles. The molecule has 0 amide bonds. The van der Waals surface area contributed by atoms with E-state index in [1.165, 1.54) is 0 Å². The van der Waals surface area contributed by atoms with Crippen LogP contribution in [0.4, 0.5) is 0 Å². The van der Waals surface area contributed by atoms with Crippen LogP contribution in [0.15, 0.2) is 12.5 Å². The summed E-state index contributed by atoms with van der Waals surface area (Å²) >= 11 is 0. The van der Waals surface area contributed by atoms with Crippen LogP contribution in [0.1, 0.15) is 37.7 Å². The quantitative estimate of drug-likeness (QED) is 0.775. The average molecular weight is 228 g/mol. The number of aromatic nitrogens is 2. The number of esters is 1. The van der Waals surface area contributed by atoms with Crippen LogP contribution in [0.5, 0.6) is 0 Å². The summed E-state index contributed by atoms with van der Waals surface area (Å²) < 4.78 is 6.53. The summed E-state index contributed by atoms with van der Waals surface area (Å²) in [6, 6.07) is 0. The molecule has 1 aromatic heterocycles. The summed E-state index contributed by atoms with van der Waals surface area (Å²) in [5.41, 5.74) is 0.310. The predicted molar refractivity (Wildman–Crippen MR) is 61.2 cm³/mol. The Morgan fingerprint density at radius 1 is 1.56 bits per heavy atom. The average Bonchev–Trinajstić information content (AvgIpc) is 2.78. The summed E-state index contributed by atoms with van der Waals surface area (Å²) in [6.45, 7) is 6.89. The van der Waals surface area contributed by atoms with Gasteiger partial charge >= 0.3 is 5.97 Å². The minimum Gasteiger partial charge on any atom is -0.461 e. The van der Waals surface area contributed by atoms with E-state index in [-0.39, 0.29) is 6.61 Å². The minimum atomic E-state index is -0.407. The van der Waals surface area contributed by atoms with Gasteiger partial charge in [-0.25, -0.2) is 9.78 Å². The number of rotatable bonds is 5. The summed E-state index contributed by atoms with van der Waals surface area (Å²) in [5, 5.41) is 8.60. The van der Waals surface area contributed by atoms with Gasteiger partial charge in [0.15, 0.2) is 5.69 Å². The van der Waals surface area contributed by atoms with Gasteiger partial charge in [0.05, 0.1) is 12.9 Å². The van der Waals surface area contributed by atoms with E-state index in [2.05, 4.69) is 4.98 Å². The van der Waals surface area contributed by atoms with Crippen molar-refractivity contribution in [3.8, 4) is 0 Å². The third-order valence-electron chi connectivity index (χ3n) is 1.69. The van der Waals surface area contributed by atoms with Gasteiger partial charge in [0, 0.05) is 19.3 Å². The molecule has 0 atom stereocenters. The number of imidazole rings is 1. The number of aryl methyl sites for hydroxylation is 1. The van der Waals surface area contributed by atoms with Crippen LogP contribution >= 0.6 is 0 Å². The first-order chi connectivity index (χ1) is 7.77. The maximum Gasteiger partial charge on any atom is 0.358 e. The smallest absolute Gasteiger partial charge is 0.358 e. The number of hydrogen-bond acceptors (Lipinski definition) is 4. The number of aliphatic hydroxyl groups excluding tert-OH is 1. The summed E-state index contributed by atoms with van der Waals surface area (Å²) in [5.74, 6) is -0.407. The van der Waals surface area contributed by atoms with E-state index in [1.54, 1.807) is 24.0 Å². The van der Waals surface area contributed by atoms with Crippen LogP contribution < -0.4 is 0 Å². The first-order valence-corrected chi connectivity index (χ1v) is 5.57. The van der Waals surface area contributed by atoms with Crippen LogP contribution in [-0.4, -0.2) is 33.8 Å². The van der Waals surface area contributed by atoms with Crippen molar-refractivity contribution in [2.75, 3.05) is 13.2 Å². The highest BCUT2D eigenvalue weighted by Crippen LogP contribution is 1.99. The summed E-state index contributed by atoms with van der Waals surface area (Å²) in [6.07, 6.45) is 3.83. The summed E-state index contributed by atoms with van der Waals surface area (Å²) in [4.78, 5) is 15.1. The lowest BCUT2D eigenvalue weighted by Gasteiger charge is -1.98. The standard InChI is InChI=1S/C9H14N2O3.C2H6/c1-2-14-9(13)8-6-11(7-10-8)4-3-5-12;1-2/h6-7,12H,2-5H2,1H3;1-2H3. The van der Waals surface area contributed by atoms with Crippen LogP contribution in [0.3, 0.4) is 0 Å². The molecule has 1 aromatic rings. The van der Waals surface area contributed by atoms with Crippen molar-refractivity contribution in [3.05, 3.63) is 18.2 Å². The lowest BCUT2D eigenvalue weighted by atomic mass is 10.4. The van der Waals surface area contributed by atoms with Crippen LogP contribution in [0, 0.1) is 0 Å². The molecule has 5 nitrogen and oxygen atoms in total. The Labute approximate surface area is 96.1 Å². The van der Waals surface area contributed by atoms with Crippen molar-refractivity contribution in [2.24, 2.45) is 0 Å². The highest BCUT2D eigenvalue weighted by atomic mass is 16.5. The highest BCUT2D eigenvalue weighted by molar-refractivity contribution is 5.86. The van der Waals surface area contributed by atoms with Crippen molar-refractivity contribution in [1.29, 1.82) is 0 Å². The Bertz CT molecular complexity index is 297. The molecular weight excluding hydrogens is 208 g/mol. The maximum atomic E-state index is 11.2. The zero-order chi connectivity index (χ0) is 12.4. The Morgan fingerprint density at radius 2 is 2.25 bits per heavy atom. The van der Waals surface area contributed by atoms with Crippen molar-refractivity contribution < 1.29 is 14.6 Å². The zero-order valence-corrected chi connectivity index (χ0v) is 10.1. The predicted octanol–water partition coefficient (Wildman–Crippen LogP) is 1.47. The van der Waals surface area contributed by atoms with Gasteiger partial charge in [-0.2, -0.15) is 0 Å². The molecule has 1 N–H and O–H groups in total. The Morgan fingerprint density at radius 3 is 2.81 bits per heavy atom. The van der Waals surface area contributed by atoms with Crippen molar-refractivity contribution in [3.63, 3.8) is 0 Å². The first-order valence-electron chi connectivity index (χ1n) is 5.57. The topological polar surface area (TPSA) is 64.3 Å². The van der Waals surface area contributed by atoms with Gasteiger partial charge < -0.3 is 14.4 Å². The molecule has 0 aliphatic rings. The number of carbonyl (C=O) groups is 1. The van der Waals surface area contributed by atoms with Gasteiger partial charge in [-0.1, -0.05) is 13.8 Å². The van der Waals surface area contributed by atoms with E-state index >= 15 is 0 Å². The number of ether oxygens (including phenoxy) is 1. The molecule has 0 fully saturated rings. The van der Waals surface area contributed by atoms with Gasteiger partial charge in [-0.15, -0.1) is 0 Å². The lowest BCUT2D eigenvalue weighted by Crippen LogP contribution is -2.05. The fourth-order valence-electron chi connectivity index (χ4n) is 1.05. The second kappa shape index (κ2) is 8.91. The molecule has 0 bridgehead atoms. The molecule has 5 heteroatoms. The van der Waals surface area contributed by atoms with Gasteiger partial charge in [0.2, 0.25) is 0 Å². The second-order valence-electron chi connectivity index (χ2n) is 2.79. The van der Waals surface area contributed by atoms with Crippen molar-refractivity contribution in [1.82, 2.24) is 9.55 Å². The molecule has 0 radical (unpaired) electrons. The maximum absolute atomic E-state index is 11.2. The van der Waals surface area contributed by atoms with Crippen LogP contribution in [-0.2, 0) is 11.3 Å². The monoisotopic (exact) mass is 228 g/mol. The second-order valence-corrected chi connectivity index (χ2v) is 2.79. The van der Waals surface area contributed by atoms with E-state index in [9.17, 15) is 4.79 Å². The molecule has 0 saturated carbocycles. The molecule has 92 valence electrons. The minimum absolute atomic E-state index is 0.132. The molecule has 1 rings (SSSR count). The summed E-state index contributed by atoms with van der Waals surface area (Å²) in [7, 11) is 0. The molecule has 0 unspecified atom stereocenters. The number of aliphatic hydroxyl groups is 1. The molecule has 0 saturated heterocycles. The fourth-order valence-corrected chi connectivity index (χ4v) is 1.05. The largest absolute Gasteiger partial charge is 0.461 e. The number of carbonyl (C=O) groups excluding carboxylic acids is 1.